The predicted molar refractivity (Wildman–Crippen MR) is 50.1 cm³/mol. The highest BCUT2D eigenvalue weighted by Crippen LogP contribution is 2.09. The zero-order valence-corrected chi connectivity index (χ0v) is 7.69. The molecule has 2 N–H and O–H groups in total. The van der Waals surface area contributed by atoms with Crippen LogP contribution in [0.3, 0.4) is 0 Å². The van der Waals surface area contributed by atoms with Gasteiger partial charge in [0.2, 0.25) is 0 Å². The summed E-state index contributed by atoms with van der Waals surface area (Å²) in [5.74, 6) is 0.500. The third-order valence-electron chi connectivity index (χ3n) is 1.38. The molecule has 56 valence electrons. The molecule has 0 spiro atoms. The van der Waals surface area contributed by atoms with E-state index in [2.05, 4.69) is 32.6 Å². The van der Waals surface area contributed by atoms with Crippen LogP contribution in [0.25, 0.3) is 5.65 Å². The average molecular weight is 260 g/mol. The lowest BCUT2D eigenvalue weighted by atomic mass is 10.6. The molecular formula is C6H5IN4. The Kier molecular flexibility index (Phi) is 1.45. The summed E-state index contributed by atoms with van der Waals surface area (Å²) in [6, 6.07) is 1.74. The molecule has 0 aliphatic carbocycles. The summed E-state index contributed by atoms with van der Waals surface area (Å²) in [5, 5.41) is 0. The Morgan fingerprint density at radius 2 is 2.27 bits per heavy atom. The molecule has 0 aliphatic rings. The molecule has 5 heteroatoms. The maximum atomic E-state index is 5.47. The summed E-state index contributed by atoms with van der Waals surface area (Å²) >= 11 is 2.18. The molecule has 0 aromatic carbocycles. The summed E-state index contributed by atoms with van der Waals surface area (Å²) in [7, 11) is 0. The van der Waals surface area contributed by atoms with Crippen molar-refractivity contribution in [1.82, 2.24) is 14.4 Å². The summed E-state index contributed by atoms with van der Waals surface area (Å²) < 4.78 is 2.90. The van der Waals surface area contributed by atoms with Crippen molar-refractivity contribution in [3.8, 4) is 0 Å². The van der Waals surface area contributed by atoms with E-state index < -0.39 is 0 Å². The quantitative estimate of drug-likeness (QED) is 0.716. The fourth-order valence-corrected chi connectivity index (χ4v) is 1.38. The Morgan fingerprint density at radius 1 is 1.45 bits per heavy atom. The van der Waals surface area contributed by atoms with Gasteiger partial charge in [-0.3, -0.25) is 4.40 Å². The molecule has 0 saturated heterocycles. The summed E-state index contributed by atoms with van der Waals surface area (Å²) in [5.41, 5.74) is 6.30. The smallest absolute Gasteiger partial charge is 0.142 e. The second-order valence-electron chi connectivity index (χ2n) is 2.12. The molecule has 2 aromatic rings. The number of fused-ring (bicyclic) bond motifs is 1. The van der Waals surface area contributed by atoms with Crippen molar-refractivity contribution < 1.29 is 0 Å². The van der Waals surface area contributed by atoms with E-state index in [-0.39, 0.29) is 0 Å². The molecule has 0 bridgehead atoms. The van der Waals surface area contributed by atoms with Crippen LogP contribution in [-0.4, -0.2) is 14.4 Å². The predicted octanol–water partition coefficient (Wildman–Crippen LogP) is 0.916. The van der Waals surface area contributed by atoms with Crippen molar-refractivity contribution in [2.24, 2.45) is 0 Å². The van der Waals surface area contributed by atoms with Crippen molar-refractivity contribution in [2.45, 2.75) is 0 Å². The number of nitrogens with zero attached hydrogens (tertiary/aromatic N) is 3. The molecular weight excluding hydrogens is 255 g/mol. The van der Waals surface area contributed by atoms with Gasteiger partial charge in [0.05, 0.1) is 6.20 Å². The highest BCUT2D eigenvalue weighted by atomic mass is 127. The van der Waals surface area contributed by atoms with E-state index in [0.29, 0.717) is 5.82 Å². The third-order valence-corrected chi connectivity index (χ3v) is 2.18. The number of aromatic nitrogens is 3. The lowest BCUT2D eigenvalue weighted by molar-refractivity contribution is 1.07. The van der Waals surface area contributed by atoms with Gasteiger partial charge in [0, 0.05) is 6.07 Å². The van der Waals surface area contributed by atoms with Crippen LogP contribution in [0, 0.1) is 3.70 Å². The number of nitrogens with two attached hydrogens (primary N) is 1. The van der Waals surface area contributed by atoms with Gasteiger partial charge in [0.1, 0.15) is 21.5 Å². The zero-order chi connectivity index (χ0) is 7.84. The number of rotatable bonds is 0. The molecule has 0 amide bonds. The fourth-order valence-electron chi connectivity index (χ4n) is 0.868. The maximum absolute atomic E-state index is 5.47. The Labute approximate surface area is 76.6 Å². The fraction of sp³-hybridized carbons (Fsp3) is 0. The third kappa shape index (κ3) is 1.05. The largest absolute Gasteiger partial charge is 0.384 e. The lowest BCUT2D eigenvalue weighted by Crippen LogP contribution is -1.94. The Balaban J connectivity index is 2.86. The van der Waals surface area contributed by atoms with Gasteiger partial charge in [-0.25, -0.2) is 9.97 Å². The van der Waals surface area contributed by atoms with Crippen LogP contribution in [0.1, 0.15) is 0 Å². The van der Waals surface area contributed by atoms with E-state index in [1.807, 2.05) is 4.40 Å². The highest BCUT2D eigenvalue weighted by molar-refractivity contribution is 14.1. The molecule has 4 nitrogen and oxygen atoms in total. The number of hydrogen-bond acceptors (Lipinski definition) is 3. The molecule has 0 fully saturated rings. The summed E-state index contributed by atoms with van der Waals surface area (Å²) in [6.45, 7) is 0. The number of hydrogen-bond donors (Lipinski definition) is 1. The van der Waals surface area contributed by atoms with E-state index >= 15 is 0 Å². The number of halogens is 1. The summed E-state index contributed by atoms with van der Waals surface area (Å²) in [4.78, 5) is 8.05. The lowest BCUT2D eigenvalue weighted by Gasteiger charge is -1.94. The van der Waals surface area contributed by atoms with Crippen molar-refractivity contribution in [3.05, 3.63) is 22.3 Å². The van der Waals surface area contributed by atoms with Crippen LogP contribution in [0.4, 0.5) is 5.82 Å². The maximum Gasteiger partial charge on any atom is 0.142 e. The number of nitrogen functional groups attached to an aromatic ring is 1. The van der Waals surface area contributed by atoms with Gasteiger partial charge in [-0.1, -0.05) is 0 Å². The Morgan fingerprint density at radius 3 is 3.09 bits per heavy atom. The van der Waals surface area contributed by atoms with E-state index in [4.69, 9.17) is 5.73 Å². The van der Waals surface area contributed by atoms with Gasteiger partial charge >= 0.3 is 0 Å². The SMILES string of the molecule is Nc1cc2ncc(I)n2cn1. The minimum absolute atomic E-state index is 0.500. The van der Waals surface area contributed by atoms with Crippen molar-refractivity contribution in [1.29, 1.82) is 0 Å². The molecule has 2 rings (SSSR count). The van der Waals surface area contributed by atoms with Crippen LogP contribution in [0.15, 0.2) is 18.6 Å². The molecule has 11 heavy (non-hydrogen) atoms. The van der Waals surface area contributed by atoms with Gasteiger partial charge in [-0.05, 0) is 22.6 Å². The van der Waals surface area contributed by atoms with Gasteiger partial charge in [0.25, 0.3) is 0 Å². The zero-order valence-electron chi connectivity index (χ0n) is 5.53. The first-order valence-electron chi connectivity index (χ1n) is 3.01. The van der Waals surface area contributed by atoms with E-state index in [0.717, 1.165) is 9.35 Å². The van der Waals surface area contributed by atoms with Crippen LogP contribution in [0.5, 0.6) is 0 Å². The first-order chi connectivity index (χ1) is 5.27. The second-order valence-corrected chi connectivity index (χ2v) is 3.23. The van der Waals surface area contributed by atoms with E-state index in [9.17, 15) is 0 Å². The van der Waals surface area contributed by atoms with Crippen LogP contribution in [-0.2, 0) is 0 Å². The van der Waals surface area contributed by atoms with E-state index in [1.54, 1.807) is 18.6 Å². The van der Waals surface area contributed by atoms with Gasteiger partial charge in [0.15, 0.2) is 0 Å². The first-order valence-corrected chi connectivity index (χ1v) is 4.09. The molecule has 0 unspecified atom stereocenters. The normalized spacial score (nSPS) is 10.6. The van der Waals surface area contributed by atoms with Crippen molar-refractivity contribution in [2.75, 3.05) is 5.73 Å². The standard InChI is InChI=1S/C6H5IN4/c7-4-2-9-6-1-5(8)10-3-11(4)6/h1-3H,8H2. The highest BCUT2D eigenvalue weighted by Gasteiger charge is 1.98. The first kappa shape index (κ1) is 6.84. The monoisotopic (exact) mass is 260 g/mol. The van der Waals surface area contributed by atoms with Crippen LogP contribution in [0.2, 0.25) is 0 Å². The Bertz CT molecular complexity index is 394. The molecule has 0 atom stereocenters. The van der Waals surface area contributed by atoms with Crippen LogP contribution < -0.4 is 5.73 Å². The van der Waals surface area contributed by atoms with Gasteiger partial charge < -0.3 is 5.73 Å². The second kappa shape index (κ2) is 2.33. The molecule has 0 radical (unpaired) electrons. The van der Waals surface area contributed by atoms with Gasteiger partial charge in [-0.2, -0.15) is 0 Å². The number of imidazole rings is 1. The van der Waals surface area contributed by atoms with Crippen molar-refractivity contribution in [3.63, 3.8) is 0 Å². The number of anilines is 1. The Hall–Kier alpha value is -0.850. The molecule has 0 aliphatic heterocycles. The van der Waals surface area contributed by atoms with Crippen LogP contribution >= 0.6 is 22.6 Å². The van der Waals surface area contributed by atoms with Crippen molar-refractivity contribution >= 4 is 34.1 Å². The van der Waals surface area contributed by atoms with Gasteiger partial charge in [-0.15, -0.1) is 0 Å². The molecule has 0 saturated carbocycles. The summed E-state index contributed by atoms with van der Waals surface area (Å²) in [6.07, 6.45) is 3.44. The minimum Gasteiger partial charge on any atom is -0.384 e. The topological polar surface area (TPSA) is 56.2 Å². The molecule has 2 heterocycles. The minimum atomic E-state index is 0.500. The molecule has 2 aromatic heterocycles. The van der Waals surface area contributed by atoms with E-state index in [1.165, 1.54) is 0 Å². The average Bonchev–Trinajstić information content (AvgIpc) is 2.32.